The minimum atomic E-state index is -1.15. The van der Waals surface area contributed by atoms with Crippen LogP contribution in [-0.2, 0) is 14.3 Å². The highest BCUT2D eigenvalue weighted by atomic mass is 16.5. The maximum Gasteiger partial charge on any atom is 0.337 e. The lowest BCUT2D eigenvalue weighted by molar-refractivity contribution is -0.247. The van der Waals surface area contributed by atoms with Gasteiger partial charge in [0.25, 0.3) is 0 Å². The molecule has 0 aliphatic heterocycles. The topological polar surface area (TPSA) is 101 Å². The second-order valence-corrected chi connectivity index (χ2v) is 19.6. The highest BCUT2D eigenvalue weighted by Gasteiger charge is 2.71. The fourth-order valence-corrected chi connectivity index (χ4v) is 13.4. The monoisotopic (exact) mass is 698 g/mol. The van der Waals surface area contributed by atoms with Crippen molar-refractivity contribution in [3.05, 3.63) is 47.0 Å². The smallest absolute Gasteiger partial charge is 0.337 e. The van der Waals surface area contributed by atoms with Crippen molar-refractivity contribution in [3.63, 3.8) is 0 Å². The zero-order chi connectivity index (χ0) is 37.5. The summed E-state index contributed by atoms with van der Waals surface area (Å²) in [7, 11) is 0. The van der Waals surface area contributed by atoms with Crippen LogP contribution in [0.2, 0.25) is 0 Å². The van der Waals surface area contributed by atoms with Crippen LogP contribution in [0.1, 0.15) is 148 Å². The van der Waals surface area contributed by atoms with E-state index in [2.05, 4.69) is 60.0 Å². The summed E-state index contributed by atoms with van der Waals surface area (Å²) < 4.78 is 6.17. The summed E-state index contributed by atoms with van der Waals surface area (Å²) in [6, 6.07) is 5.64. The molecule has 1 aromatic carbocycles. The Morgan fingerprint density at radius 1 is 0.902 bits per heavy atom. The van der Waals surface area contributed by atoms with Gasteiger partial charge in [0.05, 0.1) is 17.4 Å². The number of rotatable bonds is 6. The molecule has 0 radical (unpaired) electrons. The summed E-state index contributed by atoms with van der Waals surface area (Å²) in [6.07, 6.45) is 10.4. The third kappa shape index (κ3) is 5.70. The predicted octanol–water partition coefficient (Wildman–Crippen LogP) is 10.1. The van der Waals surface area contributed by atoms with E-state index in [1.807, 2.05) is 25.1 Å². The molecule has 6 nitrogen and oxygen atoms in total. The quantitative estimate of drug-likeness (QED) is 0.174. The normalized spacial score (nSPS) is 39.5. The number of aromatic carboxylic acids is 1. The Labute approximate surface area is 306 Å². The van der Waals surface area contributed by atoms with Crippen LogP contribution in [-0.4, -0.2) is 34.2 Å². The molecule has 0 amide bonds. The van der Waals surface area contributed by atoms with Crippen molar-refractivity contribution in [2.24, 2.45) is 62.1 Å². The van der Waals surface area contributed by atoms with E-state index >= 15 is 0 Å². The average molecular weight is 699 g/mol. The molecule has 5 aliphatic carbocycles. The molecule has 5 unspecified atom stereocenters. The van der Waals surface area contributed by atoms with Gasteiger partial charge in [-0.1, -0.05) is 70.7 Å². The maximum absolute atomic E-state index is 13.1. The summed E-state index contributed by atoms with van der Waals surface area (Å²) >= 11 is 0. The first-order valence-corrected chi connectivity index (χ1v) is 19.6. The van der Waals surface area contributed by atoms with Crippen molar-refractivity contribution < 1.29 is 29.3 Å². The van der Waals surface area contributed by atoms with Crippen LogP contribution in [0.25, 0.3) is 0 Å². The number of carbonyl (C=O) groups is 3. The van der Waals surface area contributed by atoms with Crippen LogP contribution in [0.3, 0.4) is 0 Å². The number of aliphatic carboxylic acids is 1. The largest absolute Gasteiger partial charge is 0.481 e. The lowest BCUT2D eigenvalue weighted by atomic mass is 9.32. The maximum atomic E-state index is 13.1. The lowest BCUT2D eigenvalue weighted by Crippen LogP contribution is -2.66. The van der Waals surface area contributed by atoms with Gasteiger partial charge in [0.2, 0.25) is 0 Å². The van der Waals surface area contributed by atoms with E-state index in [0.717, 1.165) is 56.9 Å². The number of hydrogen-bond acceptors (Lipinski definition) is 4. The van der Waals surface area contributed by atoms with Gasteiger partial charge < -0.3 is 14.9 Å². The van der Waals surface area contributed by atoms with Gasteiger partial charge in [-0.2, -0.15) is 0 Å². The van der Waals surface area contributed by atoms with E-state index in [9.17, 15) is 24.6 Å². The van der Waals surface area contributed by atoms with Gasteiger partial charge in [0.15, 0.2) is 0 Å². The molecule has 278 valence electrons. The minimum absolute atomic E-state index is 0.115. The highest BCUT2D eigenvalue weighted by molar-refractivity contribution is 5.92. The van der Waals surface area contributed by atoms with Crippen molar-refractivity contribution in [1.82, 2.24) is 0 Å². The van der Waals surface area contributed by atoms with Crippen LogP contribution in [0.4, 0.5) is 0 Å². The third-order valence-corrected chi connectivity index (χ3v) is 16.4. The average Bonchev–Trinajstić information content (AvgIpc) is 3.41. The fourth-order valence-electron chi connectivity index (χ4n) is 13.4. The summed E-state index contributed by atoms with van der Waals surface area (Å²) in [5.74, 6) is 7.30. The van der Waals surface area contributed by atoms with Gasteiger partial charge >= 0.3 is 17.9 Å². The number of allylic oxidation sites excluding steroid dienone is 1. The highest BCUT2D eigenvalue weighted by Crippen LogP contribution is 2.77. The van der Waals surface area contributed by atoms with Crippen molar-refractivity contribution in [2.75, 3.05) is 0 Å². The SMILES string of the molecule is C=C(C)C1CC[C@]2(C#Cc3cccc(C)c3C(=O)O)CC[C@]3(C)C(CCC4[C@@]5(C)CC[C@H](OC(=O)CC(C)(C)C(=O)O)C(C)(C)C5CC[C@]43C)C12. The van der Waals surface area contributed by atoms with Gasteiger partial charge in [0, 0.05) is 16.4 Å². The molecule has 0 saturated heterocycles. The molecule has 2 N–H and O–H groups in total. The summed E-state index contributed by atoms with van der Waals surface area (Å²) in [5.41, 5.74) is 1.86. The molecule has 6 heteroatoms. The molecule has 0 spiro atoms. The second-order valence-electron chi connectivity index (χ2n) is 19.6. The number of aryl methyl sites for hydroxylation is 1. The van der Waals surface area contributed by atoms with Crippen LogP contribution < -0.4 is 0 Å². The summed E-state index contributed by atoms with van der Waals surface area (Å²) in [4.78, 5) is 37.1. The predicted molar refractivity (Wildman–Crippen MR) is 200 cm³/mol. The Balaban J connectivity index is 1.30. The van der Waals surface area contributed by atoms with Crippen molar-refractivity contribution in [2.45, 2.75) is 139 Å². The van der Waals surface area contributed by atoms with Crippen LogP contribution in [0.15, 0.2) is 30.4 Å². The molecule has 5 saturated carbocycles. The van der Waals surface area contributed by atoms with E-state index < -0.39 is 23.3 Å². The number of carboxylic acids is 2. The first-order valence-electron chi connectivity index (χ1n) is 19.6. The number of ether oxygens (including phenoxy) is 1. The summed E-state index contributed by atoms with van der Waals surface area (Å²) in [5, 5.41) is 19.6. The van der Waals surface area contributed by atoms with E-state index in [4.69, 9.17) is 4.74 Å². The van der Waals surface area contributed by atoms with Gasteiger partial charge in [-0.15, -0.1) is 0 Å². The van der Waals surface area contributed by atoms with Crippen molar-refractivity contribution in [1.29, 1.82) is 0 Å². The number of carboxylic acid groups (broad SMARTS) is 2. The van der Waals surface area contributed by atoms with E-state index in [-0.39, 0.29) is 39.6 Å². The Morgan fingerprint density at radius 3 is 2.25 bits per heavy atom. The van der Waals surface area contributed by atoms with Crippen LogP contribution in [0.5, 0.6) is 0 Å². The molecular formula is C45H62O6. The molecule has 1 aromatic rings. The van der Waals surface area contributed by atoms with E-state index in [1.165, 1.54) is 18.4 Å². The number of fused-ring (bicyclic) bond motifs is 7. The van der Waals surface area contributed by atoms with Gasteiger partial charge in [0.1, 0.15) is 6.10 Å². The molecule has 10 atom stereocenters. The molecule has 0 heterocycles. The minimum Gasteiger partial charge on any atom is -0.481 e. The Kier molecular flexibility index (Phi) is 9.25. The molecule has 5 fully saturated rings. The third-order valence-electron chi connectivity index (χ3n) is 16.4. The number of benzene rings is 1. The van der Waals surface area contributed by atoms with Crippen molar-refractivity contribution >= 4 is 17.9 Å². The molecule has 0 aromatic heterocycles. The van der Waals surface area contributed by atoms with Crippen molar-refractivity contribution in [3.8, 4) is 11.8 Å². The Morgan fingerprint density at radius 2 is 1.61 bits per heavy atom. The summed E-state index contributed by atoms with van der Waals surface area (Å²) in [6.45, 7) is 24.1. The molecule has 6 rings (SSSR count). The number of hydrogen-bond donors (Lipinski definition) is 2. The molecule has 51 heavy (non-hydrogen) atoms. The number of carbonyl (C=O) groups excluding carboxylic acids is 1. The molecule has 0 bridgehead atoms. The second kappa shape index (κ2) is 12.5. The van der Waals surface area contributed by atoms with Gasteiger partial charge in [-0.05, 0) is 149 Å². The molecule has 5 aliphatic rings. The fraction of sp³-hybridized carbons (Fsp3) is 0.711. The van der Waals surface area contributed by atoms with E-state index in [1.54, 1.807) is 13.8 Å². The van der Waals surface area contributed by atoms with E-state index in [0.29, 0.717) is 40.7 Å². The van der Waals surface area contributed by atoms with Gasteiger partial charge in [-0.25, -0.2) is 4.79 Å². The first kappa shape index (κ1) is 37.7. The zero-order valence-electron chi connectivity index (χ0n) is 32.7. The first-order chi connectivity index (χ1) is 23.6. The Hall–Kier alpha value is -3.07. The zero-order valence-corrected chi connectivity index (χ0v) is 32.7. The van der Waals surface area contributed by atoms with Crippen LogP contribution in [0, 0.1) is 80.8 Å². The lowest BCUT2D eigenvalue weighted by Gasteiger charge is -2.72. The standard InChI is InChI=1S/C45H62O6/c1-27(2)30-17-23-45(22-16-29-13-11-12-28(3)36(29)38(47)48)25-24-43(9)31(37(30)45)14-15-33-42(8)20-19-34(51-35(46)26-40(4,5)39(49)50)41(6,7)32(42)18-21-44(33,43)10/h11-13,30-34,37H,1,14-15,17-21,23-26H2,2-10H3,(H,47,48)(H,49,50)/t30?,31?,32?,33?,34-,37?,42-,43+,44+,45+/m0/s1. The van der Waals surface area contributed by atoms with Crippen LogP contribution >= 0.6 is 0 Å². The molecular weight excluding hydrogens is 636 g/mol. The van der Waals surface area contributed by atoms with Gasteiger partial charge in [-0.3, -0.25) is 9.59 Å². The Bertz CT molecular complexity index is 1690. The number of esters is 1.